The van der Waals surface area contributed by atoms with Crippen LogP contribution in [-0.2, 0) is 5.54 Å². The molecule has 0 aromatic heterocycles. The van der Waals surface area contributed by atoms with Crippen LogP contribution < -0.4 is 15.4 Å². The zero-order valence-electron chi connectivity index (χ0n) is 12.5. The Morgan fingerprint density at radius 1 is 1.05 bits per heavy atom. The standard InChI is InChI=1S/C17H26N2O/c1-20-16-8-7-14(19-11-5-6-12-19)13-15(16)17(18)9-3-2-4-10-17/h7-8,13H,2-6,9-12,18H2,1H3. The maximum atomic E-state index is 6.73. The zero-order valence-corrected chi connectivity index (χ0v) is 12.5. The van der Waals surface area contributed by atoms with E-state index in [-0.39, 0.29) is 5.54 Å². The van der Waals surface area contributed by atoms with Gasteiger partial charge in [-0.2, -0.15) is 0 Å². The first kappa shape index (κ1) is 13.7. The van der Waals surface area contributed by atoms with Gasteiger partial charge in [-0.05, 0) is 43.9 Å². The molecule has 0 amide bonds. The number of nitrogens with two attached hydrogens (primary N) is 1. The van der Waals surface area contributed by atoms with Crippen LogP contribution in [0.2, 0.25) is 0 Å². The van der Waals surface area contributed by atoms with Crippen LogP contribution in [0.3, 0.4) is 0 Å². The van der Waals surface area contributed by atoms with Gasteiger partial charge in [0.1, 0.15) is 5.75 Å². The fourth-order valence-corrected chi connectivity index (χ4v) is 3.71. The number of nitrogens with zero attached hydrogens (tertiary/aromatic N) is 1. The van der Waals surface area contributed by atoms with Crippen LogP contribution in [0.4, 0.5) is 5.69 Å². The summed E-state index contributed by atoms with van der Waals surface area (Å²) in [5.41, 5.74) is 9.06. The van der Waals surface area contributed by atoms with E-state index in [9.17, 15) is 0 Å². The minimum atomic E-state index is -0.195. The molecule has 1 aliphatic carbocycles. The topological polar surface area (TPSA) is 38.5 Å². The highest BCUT2D eigenvalue weighted by Crippen LogP contribution is 2.41. The molecule has 0 bridgehead atoms. The Kier molecular flexibility index (Phi) is 3.88. The fraction of sp³-hybridized carbons (Fsp3) is 0.647. The molecular formula is C17H26N2O. The third-order valence-electron chi connectivity index (χ3n) is 4.94. The van der Waals surface area contributed by atoms with Gasteiger partial charge >= 0.3 is 0 Å². The quantitative estimate of drug-likeness (QED) is 0.918. The number of rotatable bonds is 3. The van der Waals surface area contributed by atoms with Crippen LogP contribution in [-0.4, -0.2) is 20.2 Å². The molecule has 3 heteroatoms. The molecule has 1 aliphatic heterocycles. The van der Waals surface area contributed by atoms with Crippen molar-refractivity contribution in [1.29, 1.82) is 0 Å². The lowest BCUT2D eigenvalue weighted by Crippen LogP contribution is -2.39. The van der Waals surface area contributed by atoms with E-state index in [1.54, 1.807) is 7.11 Å². The molecule has 2 fully saturated rings. The van der Waals surface area contributed by atoms with Gasteiger partial charge in [-0.3, -0.25) is 0 Å². The van der Waals surface area contributed by atoms with Crippen LogP contribution in [0, 0.1) is 0 Å². The minimum absolute atomic E-state index is 0.195. The van der Waals surface area contributed by atoms with E-state index in [4.69, 9.17) is 10.5 Å². The highest BCUT2D eigenvalue weighted by molar-refractivity contribution is 5.55. The van der Waals surface area contributed by atoms with Crippen molar-refractivity contribution in [3.8, 4) is 5.75 Å². The average molecular weight is 274 g/mol. The smallest absolute Gasteiger partial charge is 0.124 e. The molecule has 1 saturated carbocycles. The van der Waals surface area contributed by atoms with Crippen LogP contribution in [0.15, 0.2) is 18.2 Å². The monoisotopic (exact) mass is 274 g/mol. The lowest BCUT2D eigenvalue weighted by atomic mass is 9.77. The summed E-state index contributed by atoms with van der Waals surface area (Å²) in [7, 11) is 1.75. The first-order chi connectivity index (χ1) is 9.73. The van der Waals surface area contributed by atoms with Gasteiger partial charge in [-0.1, -0.05) is 19.3 Å². The SMILES string of the molecule is COc1ccc(N2CCCC2)cc1C1(N)CCCCC1. The van der Waals surface area contributed by atoms with E-state index in [0.717, 1.165) is 18.6 Å². The molecular weight excluding hydrogens is 248 g/mol. The Morgan fingerprint density at radius 2 is 1.75 bits per heavy atom. The van der Waals surface area contributed by atoms with E-state index >= 15 is 0 Å². The molecule has 20 heavy (non-hydrogen) atoms. The van der Waals surface area contributed by atoms with E-state index in [1.165, 1.54) is 56.4 Å². The second-order valence-electron chi connectivity index (χ2n) is 6.30. The van der Waals surface area contributed by atoms with Crippen molar-refractivity contribution in [2.45, 2.75) is 50.5 Å². The van der Waals surface area contributed by atoms with Gasteiger partial charge in [0.2, 0.25) is 0 Å². The molecule has 110 valence electrons. The van der Waals surface area contributed by atoms with Crippen molar-refractivity contribution >= 4 is 5.69 Å². The number of anilines is 1. The lowest BCUT2D eigenvalue weighted by molar-refractivity contribution is 0.289. The van der Waals surface area contributed by atoms with Crippen LogP contribution in [0.5, 0.6) is 5.75 Å². The van der Waals surface area contributed by atoms with E-state index < -0.39 is 0 Å². The van der Waals surface area contributed by atoms with Gasteiger partial charge in [0.25, 0.3) is 0 Å². The van der Waals surface area contributed by atoms with E-state index in [0.29, 0.717) is 0 Å². The van der Waals surface area contributed by atoms with Crippen molar-refractivity contribution in [2.24, 2.45) is 5.73 Å². The normalized spacial score (nSPS) is 22.0. The molecule has 1 heterocycles. The number of benzene rings is 1. The predicted octanol–water partition coefficient (Wildman–Crippen LogP) is 3.41. The maximum absolute atomic E-state index is 6.73. The summed E-state index contributed by atoms with van der Waals surface area (Å²) < 4.78 is 5.58. The summed E-state index contributed by atoms with van der Waals surface area (Å²) >= 11 is 0. The lowest BCUT2D eigenvalue weighted by Gasteiger charge is -2.35. The van der Waals surface area contributed by atoms with Crippen molar-refractivity contribution in [1.82, 2.24) is 0 Å². The zero-order chi connectivity index (χ0) is 14.0. The highest BCUT2D eigenvalue weighted by Gasteiger charge is 2.32. The van der Waals surface area contributed by atoms with Crippen molar-refractivity contribution in [3.63, 3.8) is 0 Å². The third kappa shape index (κ3) is 2.51. The second-order valence-corrected chi connectivity index (χ2v) is 6.30. The number of hydrogen-bond acceptors (Lipinski definition) is 3. The minimum Gasteiger partial charge on any atom is -0.496 e. The molecule has 2 aliphatic rings. The Hall–Kier alpha value is -1.22. The fourth-order valence-electron chi connectivity index (χ4n) is 3.71. The molecule has 0 atom stereocenters. The molecule has 3 rings (SSSR count). The molecule has 0 radical (unpaired) electrons. The van der Waals surface area contributed by atoms with E-state index in [1.807, 2.05) is 0 Å². The first-order valence-corrected chi connectivity index (χ1v) is 7.95. The largest absolute Gasteiger partial charge is 0.496 e. The second kappa shape index (κ2) is 5.65. The number of ether oxygens (including phenoxy) is 1. The van der Waals surface area contributed by atoms with E-state index in [2.05, 4.69) is 23.1 Å². The summed E-state index contributed by atoms with van der Waals surface area (Å²) in [6, 6.07) is 6.57. The van der Waals surface area contributed by atoms with Gasteiger partial charge in [0, 0.05) is 29.9 Å². The molecule has 2 N–H and O–H groups in total. The predicted molar refractivity (Wildman–Crippen MR) is 83.4 cm³/mol. The van der Waals surface area contributed by atoms with Gasteiger partial charge in [-0.15, -0.1) is 0 Å². The summed E-state index contributed by atoms with van der Waals surface area (Å²) in [6.07, 6.45) is 8.53. The molecule has 1 aromatic rings. The number of hydrogen-bond donors (Lipinski definition) is 1. The Balaban J connectivity index is 1.95. The summed E-state index contributed by atoms with van der Waals surface area (Å²) in [6.45, 7) is 2.34. The van der Waals surface area contributed by atoms with Crippen LogP contribution in [0.1, 0.15) is 50.5 Å². The summed E-state index contributed by atoms with van der Waals surface area (Å²) in [5, 5.41) is 0. The summed E-state index contributed by atoms with van der Waals surface area (Å²) in [4.78, 5) is 2.47. The van der Waals surface area contributed by atoms with Crippen LogP contribution >= 0.6 is 0 Å². The van der Waals surface area contributed by atoms with Crippen molar-refractivity contribution in [3.05, 3.63) is 23.8 Å². The maximum Gasteiger partial charge on any atom is 0.124 e. The van der Waals surface area contributed by atoms with Gasteiger partial charge in [0.15, 0.2) is 0 Å². The molecule has 1 saturated heterocycles. The molecule has 1 aromatic carbocycles. The average Bonchev–Trinajstić information content (AvgIpc) is 3.01. The highest BCUT2D eigenvalue weighted by atomic mass is 16.5. The Bertz CT molecular complexity index is 460. The molecule has 0 spiro atoms. The van der Waals surface area contributed by atoms with Gasteiger partial charge < -0.3 is 15.4 Å². The summed E-state index contributed by atoms with van der Waals surface area (Å²) in [5.74, 6) is 0.956. The Labute approximate surface area is 122 Å². The van der Waals surface area contributed by atoms with Crippen molar-refractivity contribution < 1.29 is 4.74 Å². The third-order valence-corrected chi connectivity index (χ3v) is 4.94. The van der Waals surface area contributed by atoms with Gasteiger partial charge in [-0.25, -0.2) is 0 Å². The first-order valence-electron chi connectivity index (χ1n) is 7.95. The number of methoxy groups -OCH3 is 1. The van der Waals surface area contributed by atoms with Crippen LogP contribution in [0.25, 0.3) is 0 Å². The molecule has 3 nitrogen and oxygen atoms in total. The van der Waals surface area contributed by atoms with Crippen molar-refractivity contribution in [2.75, 3.05) is 25.1 Å². The molecule has 0 unspecified atom stereocenters. The van der Waals surface area contributed by atoms with Gasteiger partial charge in [0.05, 0.1) is 7.11 Å². The Morgan fingerprint density at radius 3 is 2.40 bits per heavy atom.